The summed E-state index contributed by atoms with van der Waals surface area (Å²) in [5.74, 6) is 0.415. The normalized spacial score (nSPS) is 10.8. The first kappa shape index (κ1) is 16.4. The van der Waals surface area contributed by atoms with E-state index in [9.17, 15) is 4.79 Å². The maximum atomic E-state index is 12.1. The molecule has 0 bridgehead atoms. The summed E-state index contributed by atoms with van der Waals surface area (Å²) in [5.41, 5.74) is 6.47. The molecule has 0 fully saturated rings. The highest BCUT2D eigenvalue weighted by atomic mass is 16.5. The van der Waals surface area contributed by atoms with E-state index < -0.39 is 0 Å². The monoisotopic (exact) mass is 334 g/mol. The van der Waals surface area contributed by atoms with Crippen LogP contribution in [0.4, 0.5) is 0 Å². The molecule has 0 aliphatic carbocycles. The first-order chi connectivity index (χ1) is 12.2. The second kappa shape index (κ2) is 7.44. The Bertz CT molecular complexity index is 881. The Morgan fingerprint density at radius 3 is 2.56 bits per heavy atom. The fraction of sp³-hybridized carbons (Fsp3) is 0.105. The Morgan fingerprint density at radius 2 is 1.88 bits per heavy atom. The fourth-order valence-corrected chi connectivity index (χ4v) is 2.23. The van der Waals surface area contributed by atoms with E-state index in [1.54, 1.807) is 19.4 Å². The van der Waals surface area contributed by atoms with Crippen LogP contribution in [0.5, 0.6) is 5.75 Å². The van der Waals surface area contributed by atoms with E-state index in [0.717, 1.165) is 16.9 Å². The van der Waals surface area contributed by atoms with Crippen molar-refractivity contribution in [1.29, 1.82) is 0 Å². The molecule has 0 saturated heterocycles. The number of amides is 1. The maximum absolute atomic E-state index is 12.1. The molecule has 0 aliphatic rings. The molecule has 0 atom stereocenters. The number of ether oxygens (including phenoxy) is 1. The highest BCUT2D eigenvalue weighted by molar-refractivity contribution is 5.94. The minimum atomic E-state index is -0.351. The number of hydrogen-bond donors (Lipinski definition) is 2. The van der Waals surface area contributed by atoms with E-state index in [4.69, 9.17) is 4.74 Å². The van der Waals surface area contributed by atoms with Crippen LogP contribution in [0.1, 0.15) is 21.6 Å². The molecule has 1 amide bonds. The lowest BCUT2D eigenvalue weighted by atomic mass is 10.1. The Labute approximate surface area is 145 Å². The molecule has 6 heteroatoms. The summed E-state index contributed by atoms with van der Waals surface area (Å²) in [6, 6.07) is 17.0. The van der Waals surface area contributed by atoms with Gasteiger partial charge in [-0.2, -0.15) is 10.2 Å². The number of nitrogens with one attached hydrogen (secondary N) is 2. The van der Waals surface area contributed by atoms with Gasteiger partial charge in [0, 0.05) is 5.56 Å². The number of carbonyl (C=O) groups is 1. The smallest absolute Gasteiger partial charge is 0.289 e. The zero-order valence-electron chi connectivity index (χ0n) is 14.0. The van der Waals surface area contributed by atoms with E-state index in [1.807, 2.05) is 55.5 Å². The van der Waals surface area contributed by atoms with Crippen molar-refractivity contribution in [1.82, 2.24) is 15.6 Å². The van der Waals surface area contributed by atoms with E-state index in [-0.39, 0.29) is 5.91 Å². The van der Waals surface area contributed by atoms with Crippen LogP contribution in [0.15, 0.2) is 59.7 Å². The van der Waals surface area contributed by atoms with Gasteiger partial charge in [-0.15, -0.1) is 0 Å². The number of nitrogens with zero attached hydrogens (tertiary/aromatic N) is 2. The average molecular weight is 334 g/mol. The first-order valence-corrected chi connectivity index (χ1v) is 7.75. The average Bonchev–Trinajstić information content (AvgIpc) is 3.13. The van der Waals surface area contributed by atoms with Crippen molar-refractivity contribution in [3.05, 3.63) is 71.4 Å². The summed E-state index contributed by atoms with van der Waals surface area (Å²) in [5, 5.41) is 10.8. The van der Waals surface area contributed by atoms with Gasteiger partial charge in [0.25, 0.3) is 5.91 Å². The summed E-state index contributed by atoms with van der Waals surface area (Å²) >= 11 is 0. The largest absolute Gasteiger partial charge is 0.497 e. The van der Waals surface area contributed by atoms with Crippen LogP contribution < -0.4 is 10.2 Å². The lowest BCUT2D eigenvalue weighted by Crippen LogP contribution is -2.17. The van der Waals surface area contributed by atoms with E-state index in [0.29, 0.717) is 11.4 Å². The Morgan fingerprint density at radius 1 is 1.16 bits per heavy atom. The number of rotatable bonds is 5. The number of aromatic nitrogens is 2. The number of aromatic amines is 1. The Hall–Kier alpha value is -3.41. The van der Waals surface area contributed by atoms with Crippen LogP contribution in [0.25, 0.3) is 11.3 Å². The molecule has 3 aromatic rings. The molecule has 2 N–H and O–H groups in total. The number of hydrazone groups is 1. The summed E-state index contributed by atoms with van der Waals surface area (Å²) in [6.45, 7) is 2.02. The molecule has 0 unspecified atom stereocenters. The highest BCUT2D eigenvalue weighted by Crippen LogP contribution is 2.21. The second-order valence-electron chi connectivity index (χ2n) is 5.51. The molecule has 0 aliphatic heterocycles. The van der Waals surface area contributed by atoms with Crippen LogP contribution in [0.2, 0.25) is 0 Å². The molecule has 3 rings (SSSR count). The van der Waals surface area contributed by atoms with Gasteiger partial charge in [0.1, 0.15) is 11.4 Å². The summed E-state index contributed by atoms with van der Waals surface area (Å²) in [6.07, 6.45) is 1.60. The zero-order chi connectivity index (χ0) is 17.6. The molecular weight excluding hydrogens is 316 g/mol. The molecule has 126 valence electrons. The third-order valence-corrected chi connectivity index (χ3v) is 3.67. The van der Waals surface area contributed by atoms with E-state index in [2.05, 4.69) is 20.7 Å². The van der Waals surface area contributed by atoms with Crippen molar-refractivity contribution in [3.8, 4) is 17.0 Å². The standard InChI is InChI=1S/C19H18N4O2/c1-13-3-5-14(6-4-13)12-20-23-19(24)18-11-17(21-22-18)15-7-9-16(25-2)10-8-15/h3-12H,1-2H3,(H,21,22)(H,23,24)/b20-12-. The highest BCUT2D eigenvalue weighted by Gasteiger charge is 2.10. The minimum Gasteiger partial charge on any atom is -0.497 e. The topological polar surface area (TPSA) is 79.4 Å². The van der Waals surface area contributed by atoms with Gasteiger partial charge >= 0.3 is 0 Å². The van der Waals surface area contributed by atoms with Crippen molar-refractivity contribution in [3.63, 3.8) is 0 Å². The van der Waals surface area contributed by atoms with Crippen molar-refractivity contribution in [2.24, 2.45) is 5.10 Å². The molecule has 2 aromatic carbocycles. The van der Waals surface area contributed by atoms with Gasteiger partial charge in [-0.1, -0.05) is 29.8 Å². The van der Waals surface area contributed by atoms with Gasteiger partial charge in [0.2, 0.25) is 0 Å². The molecule has 25 heavy (non-hydrogen) atoms. The molecule has 0 spiro atoms. The van der Waals surface area contributed by atoms with E-state index in [1.165, 1.54) is 5.56 Å². The number of aryl methyl sites for hydroxylation is 1. The predicted octanol–water partition coefficient (Wildman–Crippen LogP) is 3.16. The quantitative estimate of drug-likeness (QED) is 0.556. The van der Waals surface area contributed by atoms with Crippen molar-refractivity contribution >= 4 is 12.1 Å². The minimum absolute atomic E-state index is 0.340. The van der Waals surface area contributed by atoms with Crippen LogP contribution in [-0.2, 0) is 0 Å². The van der Waals surface area contributed by atoms with Crippen LogP contribution in [0, 0.1) is 6.92 Å². The van der Waals surface area contributed by atoms with Crippen LogP contribution in [0.3, 0.4) is 0 Å². The number of benzene rings is 2. The third kappa shape index (κ3) is 4.11. The molecule has 0 radical (unpaired) electrons. The summed E-state index contributed by atoms with van der Waals surface area (Å²) < 4.78 is 5.13. The zero-order valence-corrected chi connectivity index (χ0v) is 14.0. The van der Waals surface area contributed by atoms with Crippen molar-refractivity contribution in [2.45, 2.75) is 6.92 Å². The first-order valence-electron chi connectivity index (χ1n) is 7.75. The van der Waals surface area contributed by atoms with Gasteiger partial charge in [0.05, 0.1) is 19.0 Å². The summed E-state index contributed by atoms with van der Waals surface area (Å²) in [4.78, 5) is 12.1. The molecular formula is C19H18N4O2. The fourth-order valence-electron chi connectivity index (χ4n) is 2.23. The van der Waals surface area contributed by atoms with Gasteiger partial charge in [0.15, 0.2) is 0 Å². The van der Waals surface area contributed by atoms with Crippen LogP contribution >= 0.6 is 0 Å². The molecule has 1 heterocycles. The maximum Gasteiger partial charge on any atom is 0.289 e. The molecule has 0 saturated carbocycles. The van der Waals surface area contributed by atoms with E-state index >= 15 is 0 Å². The number of H-pyrrole nitrogens is 1. The Kier molecular flexibility index (Phi) is 4.89. The van der Waals surface area contributed by atoms with Gasteiger partial charge in [-0.3, -0.25) is 9.89 Å². The number of carbonyl (C=O) groups excluding carboxylic acids is 1. The van der Waals surface area contributed by atoms with Crippen LogP contribution in [-0.4, -0.2) is 29.4 Å². The number of hydrogen-bond acceptors (Lipinski definition) is 4. The van der Waals surface area contributed by atoms with Crippen molar-refractivity contribution < 1.29 is 9.53 Å². The summed E-state index contributed by atoms with van der Waals surface area (Å²) in [7, 11) is 1.61. The van der Waals surface area contributed by atoms with Gasteiger partial charge in [-0.25, -0.2) is 5.43 Å². The molecule has 6 nitrogen and oxygen atoms in total. The lowest BCUT2D eigenvalue weighted by Gasteiger charge is -2.00. The van der Waals surface area contributed by atoms with Gasteiger partial charge < -0.3 is 4.74 Å². The lowest BCUT2D eigenvalue weighted by molar-refractivity contribution is 0.0950. The number of methoxy groups -OCH3 is 1. The molecule has 1 aromatic heterocycles. The second-order valence-corrected chi connectivity index (χ2v) is 5.51. The third-order valence-electron chi connectivity index (χ3n) is 3.67. The predicted molar refractivity (Wildman–Crippen MR) is 96.8 cm³/mol. The van der Waals surface area contributed by atoms with Gasteiger partial charge in [-0.05, 0) is 42.8 Å². The SMILES string of the molecule is COc1ccc(-c2cc(C(=O)N/N=C\c3ccc(C)cc3)[nH]n2)cc1. The van der Waals surface area contributed by atoms with Crippen molar-refractivity contribution in [2.75, 3.05) is 7.11 Å². The Balaban J connectivity index is 1.64.